The number of nitrogens with zero attached hydrogens (tertiary/aromatic N) is 1. The minimum Gasteiger partial charge on any atom is -0.495 e. The summed E-state index contributed by atoms with van der Waals surface area (Å²) < 4.78 is 6.90. The molecule has 168 valence electrons. The molecule has 7 heteroatoms. The van der Waals surface area contributed by atoms with Gasteiger partial charge in [0.25, 0.3) is 5.91 Å². The van der Waals surface area contributed by atoms with Gasteiger partial charge < -0.3 is 9.84 Å². The molecule has 1 heterocycles. The SMILES string of the molecule is COc1cc2c(C(Cc3ccccc3)C(=O)O)c(C)n(C(=O)c3ccc(Cl)cc3)c2cc1Cl. The molecule has 1 atom stereocenters. The van der Waals surface area contributed by atoms with E-state index in [2.05, 4.69) is 0 Å². The van der Waals surface area contributed by atoms with Gasteiger partial charge in [0.05, 0.1) is 23.6 Å². The molecule has 0 spiro atoms. The Morgan fingerprint density at radius 3 is 2.30 bits per heavy atom. The highest BCUT2D eigenvalue weighted by atomic mass is 35.5. The maximum absolute atomic E-state index is 13.5. The van der Waals surface area contributed by atoms with Gasteiger partial charge in [-0.3, -0.25) is 14.2 Å². The van der Waals surface area contributed by atoms with Gasteiger partial charge in [-0.1, -0.05) is 53.5 Å². The zero-order valence-electron chi connectivity index (χ0n) is 18.0. The lowest BCUT2D eigenvalue weighted by Gasteiger charge is -2.14. The fraction of sp³-hybridized carbons (Fsp3) is 0.154. The van der Waals surface area contributed by atoms with Crippen molar-refractivity contribution in [1.29, 1.82) is 0 Å². The van der Waals surface area contributed by atoms with E-state index in [1.807, 2.05) is 30.3 Å². The Hall–Kier alpha value is -3.28. The van der Waals surface area contributed by atoms with E-state index in [0.717, 1.165) is 5.56 Å². The number of carboxylic acids is 1. The Morgan fingerprint density at radius 1 is 1.03 bits per heavy atom. The van der Waals surface area contributed by atoms with E-state index in [0.29, 0.717) is 43.5 Å². The van der Waals surface area contributed by atoms with Crippen LogP contribution in [0, 0.1) is 6.92 Å². The number of methoxy groups -OCH3 is 1. The van der Waals surface area contributed by atoms with Crippen molar-refractivity contribution >= 4 is 46.0 Å². The van der Waals surface area contributed by atoms with Crippen LogP contribution >= 0.6 is 23.2 Å². The summed E-state index contributed by atoms with van der Waals surface area (Å²) >= 11 is 12.4. The summed E-state index contributed by atoms with van der Waals surface area (Å²) in [6.45, 7) is 1.75. The molecule has 5 nitrogen and oxygen atoms in total. The smallest absolute Gasteiger partial charge is 0.311 e. The van der Waals surface area contributed by atoms with Gasteiger partial charge in [-0.05, 0) is 60.9 Å². The van der Waals surface area contributed by atoms with Gasteiger partial charge in [0, 0.05) is 21.7 Å². The first-order valence-corrected chi connectivity index (χ1v) is 11.0. The Morgan fingerprint density at radius 2 is 1.70 bits per heavy atom. The number of aromatic nitrogens is 1. The lowest BCUT2D eigenvalue weighted by Crippen LogP contribution is -2.18. The van der Waals surface area contributed by atoms with Crippen molar-refractivity contribution < 1.29 is 19.4 Å². The van der Waals surface area contributed by atoms with Crippen molar-refractivity contribution in [2.75, 3.05) is 7.11 Å². The van der Waals surface area contributed by atoms with Gasteiger partial charge in [0.15, 0.2) is 0 Å². The van der Waals surface area contributed by atoms with Crippen LogP contribution in [0.15, 0.2) is 66.7 Å². The van der Waals surface area contributed by atoms with Gasteiger partial charge in [-0.25, -0.2) is 0 Å². The minimum atomic E-state index is -0.978. The van der Waals surface area contributed by atoms with Crippen LogP contribution in [0.3, 0.4) is 0 Å². The molecule has 0 aliphatic carbocycles. The van der Waals surface area contributed by atoms with Crippen molar-refractivity contribution in [2.45, 2.75) is 19.3 Å². The molecule has 4 rings (SSSR count). The first kappa shape index (κ1) is 22.9. The number of carbonyl (C=O) groups excluding carboxylic acids is 1. The summed E-state index contributed by atoms with van der Waals surface area (Å²) in [5, 5.41) is 11.6. The molecule has 0 bridgehead atoms. The number of rotatable bonds is 6. The van der Waals surface area contributed by atoms with Crippen LogP contribution < -0.4 is 4.74 Å². The highest BCUT2D eigenvalue weighted by molar-refractivity contribution is 6.33. The van der Waals surface area contributed by atoms with Crippen LogP contribution in [-0.4, -0.2) is 28.7 Å². The van der Waals surface area contributed by atoms with E-state index >= 15 is 0 Å². The lowest BCUT2D eigenvalue weighted by atomic mass is 9.90. The van der Waals surface area contributed by atoms with Crippen molar-refractivity contribution in [3.8, 4) is 5.75 Å². The average molecular weight is 482 g/mol. The largest absolute Gasteiger partial charge is 0.495 e. The molecule has 0 saturated carbocycles. The maximum atomic E-state index is 13.5. The molecule has 0 aliphatic heterocycles. The third kappa shape index (κ3) is 4.34. The van der Waals surface area contributed by atoms with Crippen LogP contribution in [0.1, 0.15) is 33.1 Å². The quantitative estimate of drug-likeness (QED) is 0.347. The minimum absolute atomic E-state index is 0.274. The number of halogens is 2. The van der Waals surface area contributed by atoms with Crippen LogP contribution in [0.25, 0.3) is 10.9 Å². The van der Waals surface area contributed by atoms with Crippen molar-refractivity contribution in [1.82, 2.24) is 4.57 Å². The monoisotopic (exact) mass is 481 g/mol. The molecule has 4 aromatic rings. The number of hydrogen-bond donors (Lipinski definition) is 1. The van der Waals surface area contributed by atoms with E-state index in [9.17, 15) is 14.7 Å². The normalized spacial score (nSPS) is 12.0. The Labute approximate surface area is 201 Å². The summed E-state index contributed by atoms with van der Waals surface area (Å²) in [5.74, 6) is -1.75. The molecule has 0 radical (unpaired) electrons. The lowest BCUT2D eigenvalue weighted by molar-refractivity contribution is -0.138. The van der Waals surface area contributed by atoms with E-state index in [4.69, 9.17) is 27.9 Å². The maximum Gasteiger partial charge on any atom is 0.311 e. The van der Waals surface area contributed by atoms with E-state index in [-0.39, 0.29) is 12.3 Å². The van der Waals surface area contributed by atoms with Crippen LogP contribution in [0.4, 0.5) is 0 Å². The number of ether oxygens (including phenoxy) is 1. The van der Waals surface area contributed by atoms with Crippen LogP contribution in [-0.2, 0) is 11.2 Å². The van der Waals surface area contributed by atoms with Crippen molar-refractivity contribution in [3.05, 3.63) is 99.2 Å². The highest BCUT2D eigenvalue weighted by Crippen LogP contribution is 2.39. The Balaban J connectivity index is 1.97. The molecule has 0 saturated heterocycles. The predicted molar refractivity (Wildman–Crippen MR) is 130 cm³/mol. The molecular weight excluding hydrogens is 461 g/mol. The number of benzene rings is 3. The third-order valence-corrected chi connectivity index (χ3v) is 6.30. The standard InChI is InChI=1S/C26H21Cl2NO4/c1-15-24(20(26(31)32)12-16-6-4-3-5-7-16)19-13-23(33-2)21(28)14-22(19)29(15)25(30)17-8-10-18(27)11-9-17/h3-11,13-14,20H,12H2,1-2H3,(H,31,32). The van der Waals surface area contributed by atoms with Crippen molar-refractivity contribution in [2.24, 2.45) is 0 Å². The second-order valence-electron chi connectivity index (χ2n) is 7.73. The van der Waals surface area contributed by atoms with Gasteiger partial charge in [0.2, 0.25) is 0 Å². The van der Waals surface area contributed by atoms with Crippen LogP contribution in [0.5, 0.6) is 5.75 Å². The molecule has 1 N–H and O–H groups in total. The predicted octanol–water partition coefficient (Wildman–Crippen LogP) is 6.36. The summed E-state index contributed by atoms with van der Waals surface area (Å²) in [4.78, 5) is 26.0. The Bertz CT molecular complexity index is 1340. The summed E-state index contributed by atoms with van der Waals surface area (Å²) in [6.07, 6.45) is 0.274. The molecular formula is C26H21Cl2NO4. The molecule has 0 aliphatic rings. The first-order valence-electron chi connectivity index (χ1n) is 10.3. The van der Waals surface area contributed by atoms with Crippen LogP contribution in [0.2, 0.25) is 10.0 Å². The number of aliphatic carboxylic acids is 1. The van der Waals surface area contributed by atoms with E-state index in [1.165, 1.54) is 11.7 Å². The fourth-order valence-corrected chi connectivity index (χ4v) is 4.54. The first-order chi connectivity index (χ1) is 15.8. The summed E-state index contributed by atoms with van der Waals surface area (Å²) in [6, 6.07) is 19.3. The van der Waals surface area contributed by atoms with Gasteiger partial charge in [0.1, 0.15) is 5.75 Å². The molecule has 3 aromatic carbocycles. The second-order valence-corrected chi connectivity index (χ2v) is 8.57. The zero-order chi connectivity index (χ0) is 23.7. The van der Waals surface area contributed by atoms with Crippen molar-refractivity contribution in [3.63, 3.8) is 0 Å². The number of fused-ring (bicyclic) bond motifs is 1. The van der Waals surface area contributed by atoms with Gasteiger partial charge >= 0.3 is 5.97 Å². The molecule has 0 fully saturated rings. The molecule has 0 amide bonds. The number of hydrogen-bond acceptors (Lipinski definition) is 3. The van der Waals surface area contributed by atoms with Gasteiger partial charge in [-0.15, -0.1) is 0 Å². The summed E-state index contributed by atoms with van der Waals surface area (Å²) in [7, 11) is 1.49. The average Bonchev–Trinajstić information content (AvgIpc) is 3.07. The van der Waals surface area contributed by atoms with E-state index < -0.39 is 11.9 Å². The molecule has 1 unspecified atom stereocenters. The fourth-order valence-electron chi connectivity index (χ4n) is 4.18. The van der Waals surface area contributed by atoms with E-state index in [1.54, 1.807) is 43.3 Å². The van der Waals surface area contributed by atoms with Gasteiger partial charge in [-0.2, -0.15) is 0 Å². The Kier molecular flexibility index (Phi) is 6.45. The number of carbonyl (C=O) groups is 2. The topological polar surface area (TPSA) is 68.5 Å². The second kappa shape index (κ2) is 9.30. The third-order valence-electron chi connectivity index (χ3n) is 5.75. The number of carboxylic acid groups (broad SMARTS) is 1. The molecule has 33 heavy (non-hydrogen) atoms. The summed E-state index contributed by atoms with van der Waals surface area (Å²) in [5.41, 5.74) is 2.92. The zero-order valence-corrected chi connectivity index (χ0v) is 19.5. The molecule has 1 aromatic heterocycles. The highest BCUT2D eigenvalue weighted by Gasteiger charge is 2.30.